The van der Waals surface area contributed by atoms with Gasteiger partial charge in [-0.05, 0) is 18.2 Å². The summed E-state index contributed by atoms with van der Waals surface area (Å²) >= 11 is 5.96. The highest BCUT2D eigenvalue weighted by atomic mass is 35.5. The zero-order valence-electron chi connectivity index (χ0n) is 10.6. The summed E-state index contributed by atoms with van der Waals surface area (Å²) in [7, 11) is 0. The zero-order chi connectivity index (χ0) is 14.0. The lowest BCUT2D eigenvalue weighted by atomic mass is 10.1. The Balaban J connectivity index is 2.37. The van der Waals surface area contributed by atoms with E-state index in [-0.39, 0.29) is 5.02 Å². The standard InChI is InChI=1S/C14H14ClF2NO/c1-8(2)18-7-14-9(3-4-19-14)10-5-12(16)13(17)6-11(10)15/h3-6,8,18H,7H2,1-2H3. The van der Waals surface area contributed by atoms with E-state index in [1.54, 1.807) is 6.07 Å². The van der Waals surface area contributed by atoms with Crippen molar-refractivity contribution in [1.29, 1.82) is 0 Å². The number of rotatable bonds is 4. The second kappa shape index (κ2) is 5.72. The molecule has 0 spiro atoms. The summed E-state index contributed by atoms with van der Waals surface area (Å²) in [5, 5.41) is 3.36. The van der Waals surface area contributed by atoms with E-state index in [1.165, 1.54) is 6.26 Å². The van der Waals surface area contributed by atoms with Crippen LogP contribution >= 0.6 is 11.6 Å². The van der Waals surface area contributed by atoms with Crippen molar-refractivity contribution in [2.75, 3.05) is 0 Å². The molecule has 5 heteroatoms. The Morgan fingerprint density at radius 1 is 1.21 bits per heavy atom. The maximum absolute atomic E-state index is 13.3. The molecule has 0 aliphatic rings. The number of benzene rings is 1. The molecule has 1 aromatic heterocycles. The first-order valence-electron chi connectivity index (χ1n) is 5.93. The van der Waals surface area contributed by atoms with E-state index < -0.39 is 11.6 Å². The van der Waals surface area contributed by atoms with Crippen LogP contribution < -0.4 is 5.32 Å². The molecule has 0 fully saturated rings. The van der Waals surface area contributed by atoms with Crippen LogP contribution in [0.4, 0.5) is 8.78 Å². The molecule has 2 aromatic rings. The van der Waals surface area contributed by atoms with E-state index in [1.807, 2.05) is 13.8 Å². The molecule has 1 N–H and O–H groups in total. The second-order valence-corrected chi connectivity index (χ2v) is 4.95. The first-order valence-corrected chi connectivity index (χ1v) is 6.31. The lowest BCUT2D eigenvalue weighted by molar-refractivity contribution is 0.466. The van der Waals surface area contributed by atoms with Crippen LogP contribution in [0.2, 0.25) is 5.02 Å². The molecule has 0 atom stereocenters. The fraction of sp³-hybridized carbons (Fsp3) is 0.286. The van der Waals surface area contributed by atoms with Crippen LogP contribution in [-0.4, -0.2) is 6.04 Å². The highest BCUT2D eigenvalue weighted by Crippen LogP contribution is 2.33. The third-order valence-corrected chi connectivity index (χ3v) is 3.03. The van der Waals surface area contributed by atoms with Crippen molar-refractivity contribution in [3.8, 4) is 11.1 Å². The van der Waals surface area contributed by atoms with Crippen LogP contribution in [0.25, 0.3) is 11.1 Å². The SMILES string of the molecule is CC(C)NCc1occc1-c1cc(F)c(F)cc1Cl. The Morgan fingerprint density at radius 3 is 2.58 bits per heavy atom. The fourth-order valence-electron chi connectivity index (χ4n) is 1.74. The minimum atomic E-state index is -0.959. The van der Waals surface area contributed by atoms with Crippen molar-refractivity contribution in [1.82, 2.24) is 5.32 Å². The van der Waals surface area contributed by atoms with Gasteiger partial charge in [0.1, 0.15) is 5.76 Å². The van der Waals surface area contributed by atoms with Gasteiger partial charge in [0, 0.05) is 17.2 Å². The van der Waals surface area contributed by atoms with Crippen LogP contribution in [0.15, 0.2) is 28.9 Å². The van der Waals surface area contributed by atoms with Gasteiger partial charge >= 0.3 is 0 Å². The third-order valence-electron chi connectivity index (χ3n) is 2.72. The third kappa shape index (κ3) is 3.14. The molecular formula is C14H14ClF2NO. The molecule has 0 aliphatic heterocycles. The van der Waals surface area contributed by atoms with Crippen molar-refractivity contribution in [3.63, 3.8) is 0 Å². The number of furan rings is 1. The molecule has 0 saturated heterocycles. The lowest BCUT2D eigenvalue weighted by Gasteiger charge is -2.09. The van der Waals surface area contributed by atoms with Crippen molar-refractivity contribution in [2.24, 2.45) is 0 Å². The van der Waals surface area contributed by atoms with Gasteiger partial charge in [-0.2, -0.15) is 0 Å². The monoisotopic (exact) mass is 285 g/mol. The van der Waals surface area contributed by atoms with Crippen LogP contribution in [0.5, 0.6) is 0 Å². The van der Waals surface area contributed by atoms with Gasteiger partial charge < -0.3 is 9.73 Å². The summed E-state index contributed by atoms with van der Waals surface area (Å²) < 4.78 is 31.7. The number of halogens is 3. The van der Waals surface area contributed by atoms with Gasteiger partial charge in [0.05, 0.1) is 17.8 Å². The Kier molecular flexibility index (Phi) is 4.22. The largest absolute Gasteiger partial charge is 0.467 e. The average molecular weight is 286 g/mol. The Bertz CT molecular complexity index is 581. The maximum Gasteiger partial charge on any atom is 0.160 e. The molecule has 0 unspecified atom stereocenters. The van der Waals surface area contributed by atoms with Gasteiger partial charge in [-0.3, -0.25) is 0 Å². The van der Waals surface area contributed by atoms with E-state index in [2.05, 4.69) is 5.32 Å². The molecule has 0 radical (unpaired) electrons. The van der Waals surface area contributed by atoms with Crippen molar-refractivity contribution < 1.29 is 13.2 Å². The molecule has 102 valence electrons. The first kappa shape index (κ1) is 14.0. The molecule has 0 aliphatic carbocycles. The minimum absolute atomic E-state index is 0.158. The highest BCUT2D eigenvalue weighted by molar-refractivity contribution is 6.33. The number of hydrogen-bond acceptors (Lipinski definition) is 2. The van der Waals surface area contributed by atoms with Crippen molar-refractivity contribution in [2.45, 2.75) is 26.4 Å². The number of hydrogen-bond donors (Lipinski definition) is 1. The molecule has 19 heavy (non-hydrogen) atoms. The van der Waals surface area contributed by atoms with Gasteiger partial charge in [-0.25, -0.2) is 8.78 Å². The van der Waals surface area contributed by atoms with Crippen LogP contribution in [-0.2, 0) is 6.54 Å². The summed E-state index contributed by atoms with van der Waals surface area (Å²) in [4.78, 5) is 0. The molecular weight excluding hydrogens is 272 g/mol. The smallest absolute Gasteiger partial charge is 0.160 e. The molecule has 1 heterocycles. The Morgan fingerprint density at radius 2 is 1.89 bits per heavy atom. The quantitative estimate of drug-likeness (QED) is 0.844. The highest BCUT2D eigenvalue weighted by Gasteiger charge is 2.15. The van der Waals surface area contributed by atoms with E-state index in [0.29, 0.717) is 29.5 Å². The molecule has 0 amide bonds. The van der Waals surface area contributed by atoms with E-state index in [0.717, 1.165) is 12.1 Å². The minimum Gasteiger partial charge on any atom is -0.467 e. The molecule has 2 nitrogen and oxygen atoms in total. The normalized spacial score (nSPS) is 11.3. The summed E-state index contributed by atoms with van der Waals surface area (Å²) in [6.45, 7) is 4.51. The lowest BCUT2D eigenvalue weighted by Crippen LogP contribution is -2.21. The van der Waals surface area contributed by atoms with Crippen molar-refractivity contribution >= 4 is 11.6 Å². The van der Waals surface area contributed by atoms with Gasteiger partial charge in [-0.1, -0.05) is 25.4 Å². The Hall–Kier alpha value is -1.39. The first-order chi connectivity index (χ1) is 8.99. The molecule has 1 aromatic carbocycles. The zero-order valence-corrected chi connectivity index (χ0v) is 11.4. The summed E-state index contributed by atoms with van der Waals surface area (Å²) in [5.74, 6) is -1.25. The Labute approximate surface area is 115 Å². The van der Waals surface area contributed by atoms with E-state index in [9.17, 15) is 8.78 Å². The van der Waals surface area contributed by atoms with Crippen molar-refractivity contribution in [3.05, 3.63) is 46.9 Å². The van der Waals surface area contributed by atoms with E-state index in [4.69, 9.17) is 16.0 Å². The number of nitrogens with one attached hydrogen (secondary N) is 1. The van der Waals surface area contributed by atoms with Crippen LogP contribution in [0.3, 0.4) is 0 Å². The summed E-state index contributed by atoms with van der Waals surface area (Å²) in [5.41, 5.74) is 1.09. The predicted molar refractivity (Wildman–Crippen MR) is 71.0 cm³/mol. The molecule has 2 rings (SSSR count). The average Bonchev–Trinajstić information content (AvgIpc) is 2.79. The summed E-state index contributed by atoms with van der Waals surface area (Å²) in [6.07, 6.45) is 1.50. The van der Waals surface area contributed by atoms with Gasteiger partial charge in [0.15, 0.2) is 11.6 Å². The van der Waals surface area contributed by atoms with Crippen LogP contribution in [0.1, 0.15) is 19.6 Å². The predicted octanol–water partition coefficient (Wildman–Crippen LogP) is 4.38. The van der Waals surface area contributed by atoms with Crippen LogP contribution in [0, 0.1) is 11.6 Å². The maximum atomic E-state index is 13.3. The van der Waals surface area contributed by atoms with E-state index >= 15 is 0 Å². The summed E-state index contributed by atoms with van der Waals surface area (Å²) in [6, 6.07) is 4.04. The van der Waals surface area contributed by atoms with Gasteiger partial charge in [0.2, 0.25) is 0 Å². The van der Waals surface area contributed by atoms with Gasteiger partial charge in [0.25, 0.3) is 0 Å². The molecule has 0 saturated carbocycles. The fourth-order valence-corrected chi connectivity index (χ4v) is 2.00. The van der Waals surface area contributed by atoms with Gasteiger partial charge in [-0.15, -0.1) is 0 Å². The second-order valence-electron chi connectivity index (χ2n) is 4.54. The topological polar surface area (TPSA) is 25.2 Å². The molecule has 0 bridgehead atoms.